The SMILES string of the molecule is Cc1nccc(CNCC(C)(O)CO)n1. The van der Waals surface area contributed by atoms with Gasteiger partial charge < -0.3 is 15.5 Å². The van der Waals surface area contributed by atoms with Gasteiger partial charge in [-0.2, -0.15) is 0 Å². The zero-order valence-corrected chi connectivity index (χ0v) is 9.06. The summed E-state index contributed by atoms with van der Waals surface area (Å²) >= 11 is 0. The Morgan fingerprint density at radius 1 is 1.53 bits per heavy atom. The van der Waals surface area contributed by atoms with E-state index in [1.54, 1.807) is 13.1 Å². The molecule has 0 aliphatic heterocycles. The van der Waals surface area contributed by atoms with Gasteiger partial charge in [-0.25, -0.2) is 9.97 Å². The topological polar surface area (TPSA) is 78.3 Å². The highest BCUT2D eigenvalue weighted by atomic mass is 16.3. The first kappa shape index (κ1) is 12.0. The molecule has 0 saturated carbocycles. The molecule has 0 aliphatic rings. The Labute approximate surface area is 89.2 Å². The van der Waals surface area contributed by atoms with E-state index in [-0.39, 0.29) is 6.61 Å². The molecular formula is C10H17N3O2. The highest BCUT2D eigenvalue weighted by Gasteiger charge is 2.17. The number of aliphatic hydroxyl groups is 2. The largest absolute Gasteiger partial charge is 0.393 e. The van der Waals surface area contributed by atoms with Crippen molar-refractivity contribution in [1.82, 2.24) is 15.3 Å². The van der Waals surface area contributed by atoms with Crippen LogP contribution >= 0.6 is 0 Å². The first-order valence-corrected chi connectivity index (χ1v) is 4.86. The summed E-state index contributed by atoms with van der Waals surface area (Å²) in [6, 6.07) is 1.81. The number of nitrogens with zero attached hydrogens (tertiary/aromatic N) is 2. The molecule has 0 amide bonds. The normalized spacial score (nSPS) is 14.9. The smallest absolute Gasteiger partial charge is 0.125 e. The van der Waals surface area contributed by atoms with Crippen molar-refractivity contribution in [3.05, 3.63) is 23.8 Å². The lowest BCUT2D eigenvalue weighted by Crippen LogP contribution is -2.40. The average molecular weight is 211 g/mol. The Kier molecular flexibility index (Phi) is 4.14. The predicted octanol–water partition coefficient (Wildman–Crippen LogP) is -0.382. The number of hydrogen-bond donors (Lipinski definition) is 3. The van der Waals surface area contributed by atoms with E-state index in [4.69, 9.17) is 5.11 Å². The highest BCUT2D eigenvalue weighted by molar-refractivity contribution is 5.01. The summed E-state index contributed by atoms with van der Waals surface area (Å²) in [5.41, 5.74) is -0.210. The fraction of sp³-hybridized carbons (Fsp3) is 0.600. The van der Waals surface area contributed by atoms with Gasteiger partial charge in [0.2, 0.25) is 0 Å². The summed E-state index contributed by atoms with van der Waals surface area (Å²) in [6.45, 7) is 4.02. The van der Waals surface area contributed by atoms with E-state index >= 15 is 0 Å². The van der Waals surface area contributed by atoms with E-state index in [0.29, 0.717) is 13.1 Å². The van der Waals surface area contributed by atoms with Gasteiger partial charge in [0, 0.05) is 19.3 Å². The maximum Gasteiger partial charge on any atom is 0.125 e. The van der Waals surface area contributed by atoms with Crippen molar-refractivity contribution in [2.75, 3.05) is 13.2 Å². The quantitative estimate of drug-likeness (QED) is 0.618. The van der Waals surface area contributed by atoms with Gasteiger partial charge in [0.25, 0.3) is 0 Å². The van der Waals surface area contributed by atoms with Gasteiger partial charge in [-0.05, 0) is 19.9 Å². The first-order chi connectivity index (χ1) is 7.03. The third-order valence-corrected chi connectivity index (χ3v) is 1.99. The van der Waals surface area contributed by atoms with Crippen molar-refractivity contribution in [3.8, 4) is 0 Å². The van der Waals surface area contributed by atoms with Gasteiger partial charge in [0.05, 0.1) is 17.9 Å². The summed E-state index contributed by atoms with van der Waals surface area (Å²) in [5, 5.41) is 21.4. The van der Waals surface area contributed by atoms with Crippen LogP contribution in [0.25, 0.3) is 0 Å². The van der Waals surface area contributed by atoms with Crippen molar-refractivity contribution < 1.29 is 10.2 Å². The van der Waals surface area contributed by atoms with Crippen LogP contribution in [0.5, 0.6) is 0 Å². The van der Waals surface area contributed by atoms with Crippen LogP contribution in [0.3, 0.4) is 0 Å². The summed E-state index contributed by atoms with van der Waals surface area (Å²) in [4.78, 5) is 8.19. The minimum absolute atomic E-state index is 0.261. The summed E-state index contributed by atoms with van der Waals surface area (Å²) in [6.07, 6.45) is 1.70. The number of rotatable bonds is 5. The molecule has 0 fully saturated rings. The molecule has 1 aromatic heterocycles. The second-order valence-electron chi connectivity index (χ2n) is 3.85. The third kappa shape index (κ3) is 4.33. The molecule has 1 rings (SSSR count). The van der Waals surface area contributed by atoms with Crippen LogP contribution in [0.1, 0.15) is 18.4 Å². The molecule has 0 saturated heterocycles. The molecule has 84 valence electrons. The maximum atomic E-state index is 9.51. The number of aliphatic hydroxyl groups excluding tert-OH is 1. The second kappa shape index (κ2) is 5.16. The second-order valence-corrected chi connectivity index (χ2v) is 3.85. The van der Waals surface area contributed by atoms with Crippen LogP contribution in [0.4, 0.5) is 0 Å². The molecule has 5 nitrogen and oxygen atoms in total. The molecule has 5 heteroatoms. The molecule has 0 aliphatic carbocycles. The van der Waals surface area contributed by atoms with Crippen LogP contribution in [0.2, 0.25) is 0 Å². The number of hydrogen-bond acceptors (Lipinski definition) is 5. The van der Waals surface area contributed by atoms with Crippen LogP contribution in [-0.4, -0.2) is 38.9 Å². The molecular weight excluding hydrogens is 194 g/mol. The summed E-state index contributed by atoms with van der Waals surface area (Å²) in [7, 11) is 0. The van der Waals surface area contributed by atoms with Crippen LogP contribution in [0, 0.1) is 6.92 Å². The molecule has 0 aromatic carbocycles. The fourth-order valence-corrected chi connectivity index (χ4v) is 1.12. The van der Waals surface area contributed by atoms with Gasteiger partial charge >= 0.3 is 0 Å². The van der Waals surface area contributed by atoms with Crippen LogP contribution in [-0.2, 0) is 6.54 Å². The number of nitrogens with one attached hydrogen (secondary N) is 1. The van der Waals surface area contributed by atoms with Crippen molar-refractivity contribution in [2.45, 2.75) is 26.0 Å². The van der Waals surface area contributed by atoms with Gasteiger partial charge in [-0.3, -0.25) is 0 Å². The minimum atomic E-state index is -1.08. The van der Waals surface area contributed by atoms with E-state index in [0.717, 1.165) is 11.5 Å². The summed E-state index contributed by atoms with van der Waals surface area (Å²) < 4.78 is 0. The number of aryl methyl sites for hydroxylation is 1. The first-order valence-electron chi connectivity index (χ1n) is 4.86. The molecule has 3 N–H and O–H groups in total. The van der Waals surface area contributed by atoms with E-state index in [9.17, 15) is 5.11 Å². The molecule has 1 unspecified atom stereocenters. The molecule has 0 radical (unpaired) electrons. The van der Waals surface area contributed by atoms with E-state index in [1.807, 2.05) is 13.0 Å². The lowest BCUT2D eigenvalue weighted by Gasteiger charge is -2.20. The van der Waals surface area contributed by atoms with E-state index < -0.39 is 5.60 Å². The third-order valence-electron chi connectivity index (χ3n) is 1.99. The van der Waals surface area contributed by atoms with E-state index in [2.05, 4.69) is 15.3 Å². The van der Waals surface area contributed by atoms with Crippen LogP contribution in [0.15, 0.2) is 12.3 Å². The highest BCUT2D eigenvalue weighted by Crippen LogP contribution is 2.00. The van der Waals surface area contributed by atoms with Gasteiger partial charge in [0.15, 0.2) is 0 Å². The van der Waals surface area contributed by atoms with Crippen molar-refractivity contribution >= 4 is 0 Å². The van der Waals surface area contributed by atoms with Crippen molar-refractivity contribution in [2.24, 2.45) is 0 Å². The molecule has 1 heterocycles. The minimum Gasteiger partial charge on any atom is -0.393 e. The molecule has 1 atom stereocenters. The van der Waals surface area contributed by atoms with E-state index in [1.165, 1.54) is 0 Å². The summed E-state index contributed by atoms with van der Waals surface area (Å²) in [5.74, 6) is 0.725. The standard InChI is InChI=1S/C10H17N3O2/c1-8-12-4-3-9(13-8)5-11-6-10(2,15)7-14/h3-4,11,14-15H,5-7H2,1-2H3. The lowest BCUT2D eigenvalue weighted by molar-refractivity contribution is 0.00248. The monoisotopic (exact) mass is 211 g/mol. The van der Waals surface area contributed by atoms with Gasteiger partial charge in [-0.1, -0.05) is 0 Å². The Morgan fingerprint density at radius 2 is 2.27 bits per heavy atom. The molecule has 0 spiro atoms. The number of aromatic nitrogens is 2. The predicted molar refractivity (Wildman–Crippen MR) is 56.2 cm³/mol. The van der Waals surface area contributed by atoms with Gasteiger partial charge in [0.1, 0.15) is 5.82 Å². The maximum absolute atomic E-state index is 9.51. The lowest BCUT2D eigenvalue weighted by atomic mass is 10.1. The van der Waals surface area contributed by atoms with Gasteiger partial charge in [-0.15, -0.1) is 0 Å². The Morgan fingerprint density at radius 3 is 2.87 bits per heavy atom. The fourth-order valence-electron chi connectivity index (χ4n) is 1.12. The Balaban J connectivity index is 2.38. The Hall–Kier alpha value is -1.04. The van der Waals surface area contributed by atoms with Crippen LogP contribution < -0.4 is 5.32 Å². The van der Waals surface area contributed by atoms with Crippen molar-refractivity contribution in [3.63, 3.8) is 0 Å². The Bertz CT molecular complexity index is 315. The zero-order chi connectivity index (χ0) is 11.3. The average Bonchev–Trinajstić information content (AvgIpc) is 2.18. The molecule has 1 aromatic rings. The molecule has 15 heavy (non-hydrogen) atoms. The van der Waals surface area contributed by atoms with Crippen molar-refractivity contribution in [1.29, 1.82) is 0 Å². The zero-order valence-electron chi connectivity index (χ0n) is 9.06. The molecule has 0 bridgehead atoms.